The lowest BCUT2D eigenvalue weighted by molar-refractivity contribution is -0.123. The molecule has 2 aromatic carbocycles. The number of amides is 2. The summed E-state index contributed by atoms with van der Waals surface area (Å²) in [6.07, 6.45) is -0.0992. The van der Waals surface area contributed by atoms with E-state index in [1.54, 1.807) is 18.2 Å². The third-order valence-electron chi connectivity index (χ3n) is 3.99. The van der Waals surface area contributed by atoms with Crippen LogP contribution in [0.25, 0.3) is 0 Å². The molecule has 0 unspecified atom stereocenters. The minimum Gasteiger partial charge on any atom is -0.490 e. The molecule has 31 heavy (non-hydrogen) atoms. The minimum atomic E-state index is -0.467. The number of carbonyl (C=O) groups is 2. The molecule has 3 N–H and O–H groups in total. The van der Waals surface area contributed by atoms with Gasteiger partial charge >= 0.3 is 0 Å². The number of hydrazine groups is 1. The number of thiocarbonyl (C=S) groups is 1. The molecule has 0 atom stereocenters. The molecular formula is C22H26BrN3O4S. The highest BCUT2D eigenvalue weighted by Gasteiger charge is 2.16. The van der Waals surface area contributed by atoms with Crippen LogP contribution in [0.5, 0.6) is 11.5 Å². The van der Waals surface area contributed by atoms with Crippen molar-refractivity contribution in [1.29, 1.82) is 0 Å². The summed E-state index contributed by atoms with van der Waals surface area (Å²) >= 11 is 8.44. The third-order valence-corrected chi connectivity index (χ3v) is 4.69. The first-order valence-electron chi connectivity index (χ1n) is 9.75. The van der Waals surface area contributed by atoms with Gasteiger partial charge < -0.3 is 9.47 Å². The molecule has 0 bridgehead atoms. The van der Waals surface area contributed by atoms with Gasteiger partial charge in [-0.15, -0.1) is 0 Å². The second-order valence-electron chi connectivity index (χ2n) is 7.24. The molecule has 0 aliphatic carbocycles. The van der Waals surface area contributed by atoms with Crippen LogP contribution in [0.1, 0.15) is 49.5 Å². The Kier molecular flexibility index (Phi) is 9.26. The average molecular weight is 508 g/mol. The molecule has 2 aromatic rings. The van der Waals surface area contributed by atoms with Crippen molar-refractivity contribution in [3.05, 3.63) is 58.1 Å². The van der Waals surface area contributed by atoms with E-state index in [0.717, 1.165) is 10.0 Å². The molecule has 166 valence electrons. The second-order valence-corrected chi connectivity index (χ2v) is 8.57. The van der Waals surface area contributed by atoms with E-state index < -0.39 is 11.8 Å². The number of carbonyl (C=O) groups excluding carboxylic acids is 2. The first-order valence-corrected chi connectivity index (χ1v) is 11.0. The monoisotopic (exact) mass is 507 g/mol. The number of hydrogen-bond acceptors (Lipinski definition) is 5. The Morgan fingerprint density at radius 2 is 1.74 bits per heavy atom. The zero-order valence-corrected chi connectivity index (χ0v) is 20.2. The zero-order valence-electron chi connectivity index (χ0n) is 17.8. The van der Waals surface area contributed by atoms with E-state index in [1.165, 1.54) is 0 Å². The molecule has 0 aliphatic rings. The van der Waals surface area contributed by atoms with Crippen molar-refractivity contribution in [2.45, 2.75) is 39.7 Å². The second kappa shape index (κ2) is 11.7. The number of rotatable bonds is 7. The predicted octanol–water partition coefficient (Wildman–Crippen LogP) is 4.07. The van der Waals surface area contributed by atoms with Crippen LogP contribution in [0.4, 0.5) is 0 Å². The molecule has 0 radical (unpaired) electrons. The molecule has 0 heterocycles. The summed E-state index contributed by atoms with van der Waals surface area (Å²) in [7, 11) is 0. The summed E-state index contributed by atoms with van der Waals surface area (Å²) in [5.74, 6) is 0.436. The van der Waals surface area contributed by atoms with E-state index >= 15 is 0 Å². The van der Waals surface area contributed by atoms with Crippen LogP contribution in [0.3, 0.4) is 0 Å². The van der Waals surface area contributed by atoms with E-state index in [1.807, 2.05) is 52.0 Å². The Hall–Kier alpha value is -2.65. The Morgan fingerprint density at radius 3 is 2.42 bits per heavy atom. The van der Waals surface area contributed by atoms with Crippen molar-refractivity contribution >= 4 is 45.1 Å². The van der Waals surface area contributed by atoms with Crippen molar-refractivity contribution in [2.75, 3.05) is 6.61 Å². The zero-order chi connectivity index (χ0) is 23.0. The smallest absolute Gasteiger partial charge is 0.276 e. The number of nitrogens with one attached hydrogen (secondary N) is 3. The van der Waals surface area contributed by atoms with E-state index in [0.29, 0.717) is 17.1 Å². The van der Waals surface area contributed by atoms with Gasteiger partial charge in [0.1, 0.15) is 11.5 Å². The lowest BCUT2D eigenvalue weighted by atomic mass is 10.0. The predicted molar refractivity (Wildman–Crippen MR) is 127 cm³/mol. The Bertz CT molecular complexity index is 950. The van der Waals surface area contributed by atoms with Gasteiger partial charge in [-0.05, 0) is 61.8 Å². The fourth-order valence-electron chi connectivity index (χ4n) is 2.63. The Balaban J connectivity index is 1.87. The van der Waals surface area contributed by atoms with Gasteiger partial charge in [-0.1, -0.05) is 48.0 Å². The first kappa shape index (κ1) is 24.6. The highest BCUT2D eigenvalue weighted by atomic mass is 79.9. The lowest BCUT2D eigenvalue weighted by Gasteiger charge is -2.16. The highest BCUT2D eigenvalue weighted by Crippen LogP contribution is 2.26. The van der Waals surface area contributed by atoms with Crippen molar-refractivity contribution in [1.82, 2.24) is 16.2 Å². The molecule has 0 fully saturated rings. The molecule has 0 saturated heterocycles. The summed E-state index contributed by atoms with van der Waals surface area (Å²) in [6, 6.07) is 12.7. The Labute approximate surface area is 196 Å². The SMILES string of the molecule is CC(C)Oc1ccc(Br)cc1C(=O)NC(=S)NNC(=O)COc1ccccc1C(C)C. The largest absolute Gasteiger partial charge is 0.490 e. The molecule has 2 rings (SSSR count). The normalized spacial score (nSPS) is 10.5. The van der Waals surface area contributed by atoms with Crippen molar-refractivity contribution < 1.29 is 19.1 Å². The van der Waals surface area contributed by atoms with E-state index in [9.17, 15) is 9.59 Å². The van der Waals surface area contributed by atoms with Crippen molar-refractivity contribution in [3.63, 3.8) is 0 Å². The molecule has 7 nitrogen and oxygen atoms in total. The van der Waals surface area contributed by atoms with Gasteiger partial charge in [0.2, 0.25) is 0 Å². The molecule has 2 amide bonds. The van der Waals surface area contributed by atoms with Gasteiger partial charge in [-0.25, -0.2) is 0 Å². The van der Waals surface area contributed by atoms with Crippen LogP contribution < -0.4 is 25.6 Å². The average Bonchev–Trinajstić information content (AvgIpc) is 2.71. The van der Waals surface area contributed by atoms with Gasteiger partial charge in [0.25, 0.3) is 11.8 Å². The van der Waals surface area contributed by atoms with Crippen LogP contribution in [0, 0.1) is 0 Å². The summed E-state index contributed by atoms with van der Waals surface area (Å²) in [4.78, 5) is 24.7. The topological polar surface area (TPSA) is 88.7 Å². The lowest BCUT2D eigenvalue weighted by Crippen LogP contribution is -2.49. The minimum absolute atomic E-state index is 0.0589. The number of hydrogen-bond donors (Lipinski definition) is 3. The molecule has 0 aromatic heterocycles. The fraction of sp³-hybridized carbons (Fsp3) is 0.318. The van der Waals surface area contributed by atoms with Gasteiger partial charge in [0.15, 0.2) is 11.7 Å². The summed E-state index contributed by atoms with van der Waals surface area (Å²) in [6.45, 7) is 7.63. The van der Waals surface area contributed by atoms with Crippen LogP contribution in [-0.2, 0) is 4.79 Å². The summed E-state index contributed by atoms with van der Waals surface area (Å²) in [5, 5.41) is 2.46. The number of para-hydroxylation sites is 1. The maximum absolute atomic E-state index is 12.6. The van der Waals surface area contributed by atoms with Crippen molar-refractivity contribution in [2.24, 2.45) is 0 Å². The highest BCUT2D eigenvalue weighted by molar-refractivity contribution is 9.10. The van der Waals surface area contributed by atoms with Crippen LogP contribution in [0.2, 0.25) is 0 Å². The van der Waals surface area contributed by atoms with Crippen LogP contribution in [-0.4, -0.2) is 29.6 Å². The quantitative estimate of drug-likeness (QED) is 0.386. The number of halogens is 1. The first-order chi connectivity index (χ1) is 14.7. The molecule has 9 heteroatoms. The van der Waals surface area contributed by atoms with E-state index in [-0.39, 0.29) is 23.7 Å². The van der Waals surface area contributed by atoms with Gasteiger partial charge in [-0.2, -0.15) is 0 Å². The molecule has 0 saturated carbocycles. The summed E-state index contributed by atoms with van der Waals surface area (Å²) in [5.41, 5.74) is 6.23. The fourth-order valence-corrected chi connectivity index (χ4v) is 3.14. The molecule has 0 aliphatic heterocycles. The molecular weight excluding hydrogens is 482 g/mol. The van der Waals surface area contributed by atoms with Gasteiger partial charge in [0, 0.05) is 4.47 Å². The third kappa shape index (κ3) is 7.84. The van der Waals surface area contributed by atoms with Crippen molar-refractivity contribution in [3.8, 4) is 11.5 Å². The van der Waals surface area contributed by atoms with E-state index in [4.69, 9.17) is 21.7 Å². The molecule has 0 spiro atoms. The standard InChI is InChI=1S/C22H26BrN3O4S/c1-13(2)16-7-5-6-8-18(16)29-12-20(27)25-26-22(31)24-21(28)17-11-15(23)9-10-19(17)30-14(3)4/h5-11,13-14H,12H2,1-4H3,(H,25,27)(H2,24,26,28,31). The summed E-state index contributed by atoms with van der Waals surface area (Å²) < 4.78 is 12.0. The van der Waals surface area contributed by atoms with Gasteiger partial charge in [-0.3, -0.25) is 25.8 Å². The van der Waals surface area contributed by atoms with E-state index in [2.05, 4.69) is 32.1 Å². The van der Waals surface area contributed by atoms with Crippen LogP contribution >= 0.6 is 28.1 Å². The Morgan fingerprint density at radius 1 is 1.03 bits per heavy atom. The maximum Gasteiger partial charge on any atom is 0.276 e. The van der Waals surface area contributed by atoms with Gasteiger partial charge in [0.05, 0.1) is 11.7 Å². The number of ether oxygens (including phenoxy) is 2. The number of benzene rings is 2. The van der Waals surface area contributed by atoms with Crippen LogP contribution in [0.15, 0.2) is 46.9 Å². The maximum atomic E-state index is 12.6.